The molecule has 5 rings (SSSR count). The van der Waals surface area contributed by atoms with Crippen LogP contribution in [0.5, 0.6) is 5.75 Å². The summed E-state index contributed by atoms with van der Waals surface area (Å²) in [7, 11) is 0. The number of anilines is 1. The normalized spacial score (nSPS) is 19.2. The van der Waals surface area contributed by atoms with Gasteiger partial charge in [-0.1, -0.05) is 48.6 Å². The Labute approximate surface area is 189 Å². The molecule has 4 heteroatoms. The second-order valence-corrected chi connectivity index (χ2v) is 9.21. The van der Waals surface area contributed by atoms with Gasteiger partial charge in [-0.25, -0.2) is 0 Å². The van der Waals surface area contributed by atoms with Crippen LogP contribution in [0.2, 0.25) is 0 Å². The molecule has 3 aromatic rings. The minimum Gasteiger partial charge on any atom is -0.487 e. The van der Waals surface area contributed by atoms with Crippen molar-refractivity contribution in [1.82, 2.24) is 4.57 Å². The number of fused-ring (bicyclic) bond motifs is 5. The number of rotatable bonds is 5. The van der Waals surface area contributed by atoms with Gasteiger partial charge < -0.3 is 14.2 Å². The zero-order valence-electron chi connectivity index (χ0n) is 18.9. The summed E-state index contributed by atoms with van der Waals surface area (Å²) in [5.41, 5.74) is 5.86. The highest BCUT2D eigenvalue weighted by Gasteiger charge is 2.56. The molecule has 0 saturated heterocycles. The van der Waals surface area contributed by atoms with E-state index in [1.165, 1.54) is 0 Å². The predicted octanol–water partition coefficient (Wildman–Crippen LogP) is 6.34. The molecule has 162 valence electrons. The number of ether oxygens (including phenoxy) is 1. The number of benzene rings is 2. The molecule has 32 heavy (non-hydrogen) atoms. The van der Waals surface area contributed by atoms with Crippen molar-refractivity contribution < 1.29 is 9.53 Å². The molecule has 1 spiro atoms. The summed E-state index contributed by atoms with van der Waals surface area (Å²) in [6, 6.07) is 16.1. The largest absolute Gasteiger partial charge is 0.487 e. The standard InChI is InChI=1S/C28H28N2O2/c1-18(2)15-30-24-13-9-7-11-22(24)27(31)28(30)14-20(5)16-29-23-12-8-6-10-21(23)25(26(28)29)32-17-19(3)4/h6-13,16H,1,3,14-15,17H2,2,4-5H3. The quantitative estimate of drug-likeness (QED) is 0.449. The number of carbonyl (C=O) groups is 1. The summed E-state index contributed by atoms with van der Waals surface area (Å²) in [5, 5.41) is 1.01. The first-order valence-electron chi connectivity index (χ1n) is 11.0. The van der Waals surface area contributed by atoms with Gasteiger partial charge >= 0.3 is 0 Å². The van der Waals surface area contributed by atoms with E-state index in [0.29, 0.717) is 19.6 Å². The highest BCUT2D eigenvalue weighted by molar-refractivity contribution is 6.16. The smallest absolute Gasteiger partial charge is 0.197 e. The average Bonchev–Trinajstić information content (AvgIpc) is 3.19. The monoisotopic (exact) mass is 424 g/mol. The molecule has 0 amide bonds. The van der Waals surface area contributed by atoms with Crippen LogP contribution in [-0.2, 0) is 5.54 Å². The first-order valence-corrected chi connectivity index (χ1v) is 11.0. The molecule has 0 radical (unpaired) electrons. The van der Waals surface area contributed by atoms with Gasteiger partial charge in [0.05, 0.1) is 11.2 Å². The highest BCUT2D eigenvalue weighted by Crippen LogP contribution is 2.55. The van der Waals surface area contributed by atoms with Crippen LogP contribution >= 0.6 is 0 Å². The SMILES string of the molecule is C=C(C)COc1c2n(c3ccccc13)C=C(C)CC21C(=O)c2ccccc2N1CC(=C)C. The molecule has 2 aliphatic rings. The van der Waals surface area contributed by atoms with E-state index in [-0.39, 0.29) is 5.78 Å². The van der Waals surface area contributed by atoms with Crippen LogP contribution in [-0.4, -0.2) is 23.5 Å². The molecule has 3 heterocycles. The van der Waals surface area contributed by atoms with E-state index in [4.69, 9.17) is 4.74 Å². The van der Waals surface area contributed by atoms with Gasteiger partial charge in [-0.3, -0.25) is 4.79 Å². The van der Waals surface area contributed by atoms with Crippen molar-refractivity contribution >= 4 is 28.6 Å². The summed E-state index contributed by atoms with van der Waals surface area (Å²) in [6.45, 7) is 15.3. The second-order valence-electron chi connectivity index (χ2n) is 9.21. The fourth-order valence-corrected chi connectivity index (χ4v) is 5.20. The van der Waals surface area contributed by atoms with E-state index in [2.05, 4.69) is 47.9 Å². The van der Waals surface area contributed by atoms with Gasteiger partial charge in [0, 0.05) is 35.8 Å². The number of hydrogen-bond donors (Lipinski definition) is 0. The minimum atomic E-state index is -0.884. The molecule has 2 aliphatic heterocycles. The maximum Gasteiger partial charge on any atom is 0.197 e. The Morgan fingerprint density at radius 1 is 1.06 bits per heavy atom. The third-order valence-electron chi connectivity index (χ3n) is 6.31. The molecule has 1 atom stereocenters. The second kappa shape index (κ2) is 7.27. The molecular weight excluding hydrogens is 396 g/mol. The lowest BCUT2D eigenvalue weighted by Crippen LogP contribution is -2.51. The molecule has 4 nitrogen and oxygen atoms in total. The number of aromatic nitrogens is 1. The Kier molecular flexibility index (Phi) is 4.63. The van der Waals surface area contributed by atoms with Gasteiger partial charge in [-0.2, -0.15) is 0 Å². The van der Waals surface area contributed by atoms with E-state index in [0.717, 1.165) is 50.3 Å². The third kappa shape index (κ3) is 2.79. The number of para-hydroxylation sites is 2. The number of carbonyl (C=O) groups excluding carboxylic acids is 1. The van der Waals surface area contributed by atoms with Crippen LogP contribution in [0.4, 0.5) is 5.69 Å². The summed E-state index contributed by atoms with van der Waals surface area (Å²) in [4.78, 5) is 16.5. The van der Waals surface area contributed by atoms with Crippen LogP contribution in [0.15, 0.2) is 78.4 Å². The fraction of sp³-hybridized carbons (Fsp3) is 0.250. The third-order valence-corrected chi connectivity index (χ3v) is 6.31. The molecule has 2 aromatic carbocycles. The minimum absolute atomic E-state index is 0.117. The molecule has 0 bridgehead atoms. The van der Waals surface area contributed by atoms with Crippen LogP contribution < -0.4 is 9.64 Å². The van der Waals surface area contributed by atoms with E-state index in [9.17, 15) is 4.79 Å². The lowest BCUT2D eigenvalue weighted by Gasteiger charge is -2.42. The Balaban J connectivity index is 1.86. The van der Waals surface area contributed by atoms with Crippen LogP contribution in [0.3, 0.4) is 0 Å². The number of ketones is 1. The topological polar surface area (TPSA) is 34.5 Å². The first kappa shape index (κ1) is 20.4. The van der Waals surface area contributed by atoms with Crippen LogP contribution in [0.1, 0.15) is 43.2 Å². The molecule has 0 aliphatic carbocycles. The predicted molar refractivity (Wildman–Crippen MR) is 131 cm³/mol. The van der Waals surface area contributed by atoms with Gasteiger partial charge in [0.25, 0.3) is 0 Å². The summed E-state index contributed by atoms with van der Waals surface area (Å²) in [5.74, 6) is 0.881. The Hall–Kier alpha value is -3.53. The Morgan fingerprint density at radius 3 is 2.53 bits per heavy atom. The van der Waals surface area contributed by atoms with Gasteiger partial charge in [0.2, 0.25) is 0 Å². The molecule has 1 aromatic heterocycles. The van der Waals surface area contributed by atoms with E-state index < -0.39 is 5.54 Å². The number of Topliss-reactive ketones (excluding diaryl/α,β-unsaturated/α-hetero) is 1. The summed E-state index contributed by atoms with van der Waals surface area (Å²) < 4.78 is 8.55. The zero-order valence-corrected chi connectivity index (χ0v) is 18.9. The summed E-state index contributed by atoms with van der Waals surface area (Å²) in [6.07, 6.45) is 2.75. The highest BCUT2D eigenvalue weighted by atomic mass is 16.5. The molecule has 0 N–H and O–H groups in total. The van der Waals surface area contributed by atoms with Crippen molar-refractivity contribution in [2.24, 2.45) is 0 Å². The molecule has 1 unspecified atom stereocenters. The van der Waals surface area contributed by atoms with Crippen molar-refractivity contribution in [1.29, 1.82) is 0 Å². The molecular formula is C28H28N2O2. The number of hydrogen-bond acceptors (Lipinski definition) is 3. The molecule has 0 saturated carbocycles. The summed E-state index contributed by atoms with van der Waals surface area (Å²) >= 11 is 0. The van der Waals surface area contributed by atoms with Crippen molar-refractivity contribution in [3.63, 3.8) is 0 Å². The number of nitrogens with zero attached hydrogens (tertiary/aromatic N) is 2. The van der Waals surface area contributed by atoms with Gasteiger partial charge in [0.1, 0.15) is 6.61 Å². The van der Waals surface area contributed by atoms with Gasteiger partial charge in [-0.05, 0) is 50.6 Å². The van der Waals surface area contributed by atoms with Crippen molar-refractivity contribution in [2.75, 3.05) is 18.1 Å². The van der Waals surface area contributed by atoms with Gasteiger partial charge in [0.15, 0.2) is 17.1 Å². The van der Waals surface area contributed by atoms with Crippen molar-refractivity contribution in [3.05, 3.63) is 89.7 Å². The fourth-order valence-electron chi connectivity index (χ4n) is 5.20. The van der Waals surface area contributed by atoms with E-state index in [1.807, 2.05) is 50.2 Å². The van der Waals surface area contributed by atoms with Crippen LogP contribution in [0, 0.1) is 0 Å². The molecule has 0 fully saturated rings. The van der Waals surface area contributed by atoms with Gasteiger partial charge in [-0.15, -0.1) is 0 Å². The maximum absolute atomic E-state index is 14.3. The Morgan fingerprint density at radius 2 is 1.78 bits per heavy atom. The van der Waals surface area contributed by atoms with E-state index >= 15 is 0 Å². The maximum atomic E-state index is 14.3. The van der Waals surface area contributed by atoms with Crippen LogP contribution in [0.25, 0.3) is 17.1 Å². The average molecular weight is 425 g/mol. The van der Waals surface area contributed by atoms with Crippen molar-refractivity contribution in [3.8, 4) is 5.75 Å². The van der Waals surface area contributed by atoms with E-state index in [1.54, 1.807) is 0 Å². The Bertz CT molecular complexity index is 1330. The van der Waals surface area contributed by atoms with Crippen molar-refractivity contribution in [2.45, 2.75) is 32.7 Å². The first-order chi connectivity index (χ1) is 15.3. The lowest BCUT2D eigenvalue weighted by molar-refractivity contribution is 0.0888. The lowest BCUT2D eigenvalue weighted by atomic mass is 9.80. The zero-order chi connectivity index (χ0) is 22.6.